The summed E-state index contributed by atoms with van der Waals surface area (Å²) in [6.45, 7) is 7.48. The molecule has 0 saturated carbocycles. The van der Waals surface area contributed by atoms with E-state index < -0.39 is 0 Å². The molecular formula is C15H24ClN3. The summed E-state index contributed by atoms with van der Waals surface area (Å²) < 4.78 is 0. The molecular weight excluding hydrogens is 258 g/mol. The molecule has 2 N–H and O–H groups in total. The summed E-state index contributed by atoms with van der Waals surface area (Å²) in [7, 11) is 2.18. The molecule has 1 saturated heterocycles. The number of likely N-dealkylation sites (N-methyl/N-ethyl adjacent to an activating group) is 1. The Hall–Kier alpha value is -0.610. The van der Waals surface area contributed by atoms with Crippen molar-refractivity contribution in [1.82, 2.24) is 9.80 Å². The van der Waals surface area contributed by atoms with Crippen molar-refractivity contribution < 1.29 is 0 Å². The smallest absolute Gasteiger partial charge is 0.0512 e. The standard InChI is InChI=1S/C15H24ClN3/c1-11-10-19(9-8-18(11)3)15(12(2)17)13-6-4-5-7-14(13)16/h4-7,11-12,15H,8-10,17H2,1-3H3. The van der Waals surface area contributed by atoms with Gasteiger partial charge in [-0.1, -0.05) is 29.8 Å². The molecule has 1 fully saturated rings. The predicted octanol–water partition coefficient (Wildman–Crippen LogP) is 2.36. The van der Waals surface area contributed by atoms with Gasteiger partial charge < -0.3 is 10.6 Å². The van der Waals surface area contributed by atoms with E-state index in [9.17, 15) is 0 Å². The van der Waals surface area contributed by atoms with E-state index in [1.165, 1.54) is 0 Å². The Morgan fingerprint density at radius 1 is 1.32 bits per heavy atom. The molecule has 0 spiro atoms. The van der Waals surface area contributed by atoms with Crippen molar-refractivity contribution in [3.05, 3.63) is 34.9 Å². The van der Waals surface area contributed by atoms with Crippen molar-refractivity contribution in [3.63, 3.8) is 0 Å². The Kier molecular flexibility index (Phi) is 4.85. The van der Waals surface area contributed by atoms with E-state index in [4.69, 9.17) is 17.3 Å². The lowest BCUT2D eigenvalue weighted by Crippen LogP contribution is -2.53. The van der Waals surface area contributed by atoms with Crippen molar-refractivity contribution in [1.29, 1.82) is 0 Å². The molecule has 3 unspecified atom stereocenters. The molecule has 0 bridgehead atoms. The fourth-order valence-electron chi connectivity index (χ4n) is 2.86. The Morgan fingerprint density at radius 3 is 2.58 bits per heavy atom. The molecule has 106 valence electrons. The highest BCUT2D eigenvalue weighted by Gasteiger charge is 2.30. The minimum atomic E-state index is 0.0653. The molecule has 0 amide bonds. The van der Waals surface area contributed by atoms with E-state index in [2.05, 4.69) is 36.8 Å². The molecule has 3 nitrogen and oxygen atoms in total. The molecule has 0 aliphatic carbocycles. The molecule has 1 aliphatic rings. The minimum Gasteiger partial charge on any atom is -0.326 e. The van der Waals surface area contributed by atoms with Gasteiger partial charge in [0.2, 0.25) is 0 Å². The highest BCUT2D eigenvalue weighted by molar-refractivity contribution is 6.31. The van der Waals surface area contributed by atoms with E-state index in [1.54, 1.807) is 0 Å². The van der Waals surface area contributed by atoms with Gasteiger partial charge in [-0.15, -0.1) is 0 Å². The third-order valence-corrected chi connectivity index (χ3v) is 4.45. The molecule has 1 aromatic carbocycles. The van der Waals surface area contributed by atoms with Crippen molar-refractivity contribution in [2.45, 2.75) is 32.0 Å². The lowest BCUT2D eigenvalue weighted by Gasteiger charge is -2.43. The lowest BCUT2D eigenvalue weighted by atomic mass is 9.97. The van der Waals surface area contributed by atoms with Crippen LogP contribution in [-0.2, 0) is 0 Å². The summed E-state index contributed by atoms with van der Waals surface area (Å²) in [4.78, 5) is 4.86. The zero-order valence-electron chi connectivity index (χ0n) is 12.0. The Labute approximate surface area is 121 Å². The SMILES string of the molecule is CC(N)C(c1ccccc1Cl)N1CCN(C)C(C)C1. The monoisotopic (exact) mass is 281 g/mol. The Morgan fingerprint density at radius 2 is 2.00 bits per heavy atom. The first kappa shape index (κ1) is 14.8. The summed E-state index contributed by atoms with van der Waals surface area (Å²) in [5, 5.41) is 0.816. The van der Waals surface area contributed by atoms with Gasteiger partial charge in [0, 0.05) is 36.7 Å². The number of nitrogens with two attached hydrogens (primary N) is 1. The average molecular weight is 282 g/mol. The van der Waals surface area contributed by atoms with Crippen LogP contribution in [-0.4, -0.2) is 48.6 Å². The second-order valence-corrected chi connectivity index (χ2v) is 6.06. The van der Waals surface area contributed by atoms with Crippen LogP contribution in [0.2, 0.25) is 5.02 Å². The molecule has 2 rings (SSSR count). The fourth-order valence-corrected chi connectivity index (χ4v) is 3.10. The van der Waals surface area contributed by atoms with Crippen LogP contribution >= 0.6 is 11.6 Å². The Balaban J connectivity index is 2.24. The van der Waals surface area contributed by atoms with Gasteiger partial charge in [0.15, 0.2) is 0 Å². The Bertz CT molecular complexity index is 422. The molecule has 19 heavy (non-hydrogen) atoms. The second-order valence-electron chi connectivity index (χ2n) is 5.65. The van der Waals surface area contributed by atoms with Crippen molar-refractivity contribution in [2.24, 2.45) is 5.73 Å². The van der Waals surface area contributed by atoms with E-state index in [0.717, 1.165) is 30.2 Å². The number of rotatable bonds is 3. The third-order valence-electron chi connectivity index (χ3n) is 4.11. The number of hydrogen-bond donors (Lipinski definition) is 1. The van der Waals surface area contributed by atoms with Crippen LogP contribution in [0.1, 0.15) is 25.5 Å². The number of nitrogens with zero attached hydrogens (tertiary/aromatic N) is 2. The summed E-state index contributed by atoms with van der Waals surface area (Å²) >= 11 is 6.35. The van der Waals surface area contributed by atoms with Crippen LogP contribution in [0.25, 0.3) is 0 Å². The van der Waals surface area contributed by atoms with Crippen molar-refractivity contribution in [2.75, 3.05) is 26.7 Å². The van der Waals surface area contributed by atoms with Gasteiger partial charge in [0.25, 0.3) is 0 Å². The van der Waals surface area contributed by atoms with Crippen LogP contribution in [0.3, 0.4) is 0 Å². The molecule has 0 aromatic heterocycles. The minimum absolute atomic E-state index is 0.0653. The zero-order valence-corrected chi connectivity index (χ0v) is 12.8. The van der Waals surface area contributed by atoms with E-state index in [1.807, 2.05) is 18.2 Å². The van der Waals surface area contributed by atoms with Gasteiger partial charge in [-0.3, -0.25) is 4.90 Å². The van der Waals surface area contributed by atoms with E-state index in [0.29, 0.717) is 6.04 Å². The molecule has 3 atom stereocenters. The number of piperazine rings is 1. The summed E-state index contributed by atoms with van der Waals surface area (Å²) in [5.74, 6) is 0. The normalized spacial score (nSPS) is 25.2. The maximum atomic E-state index is 6.35. The highest BCUT2D eigenvalue weighted by atomic mass is 35.5. The van der Waals surface area contributed by atoms with Crippen molar-refractivity contribution >= 4 is 11.6 Å². The van der Waals surface area contributed by atoms with Crippen LogP contribution in [0.15, 0.2) is 24.3 Å². The molecule has 1 aromatic rings. The lowest BCUT2D eigenvalue weighted by molar-refractivity contribution is 0.0639. The molecule has 0 radical (unpaired) electrons. The summed E-state index contributed by atoms with van der Waals surface area (Å²) in [6.07, 6.45) is 0. The van der Waals surface area contributed by atoms with Crippen LogP contribution in [0, 0.1) is 0 Å². The van der Waals surface area contributed by atoms with Gasteiger partial charge in [0.1, 0.15) is 0 Å². The summed E-state index contributed by atoms with van der Waals surface area (Å²) in [6, 6.07) is 8.87. The predicted molar refractivity (Wildman–Crippen MR) is 81.5 cm³/mol. The van der Waals surface area contributed by atoms with E-state index in [-0.39, 0.29) is 12.1 Å². The number of hydrogen-bond acceptors (Lipinski definition) is 3. The van der Waals surface area contributed by atoms with Gasteiger partial charge in [0.05, 0.1) is 6.04 Å². The maximum Gasteiger partial charge on any atom is 0.0512 e. The first-order chi connectivity index (χ1) is 9.00. The quantitative estimate of drug-likeness (QED) is 0.923. The summed E-state index contributed by atoms with van der Waals surface area (Å²) in [5.41, 5.74) is 7.38. The second kappa shape index (κ2) is 6.23. The topological polar surface area (TPSA) is 32.5 Å². The van der Waals surface area contributed by atoms with Crippen LogP contribution in [0.5, 0.6) is 0 Å². The fraction of sp³-hybridized carbons (Fsp3) is 0.600. The molecule has 4 heteroatoms. The van der Waals surface area contributed by atoms with Gasteiger partial charge in [-0.05, 0) is 32.5 Å². The first-order valence-corrected chi connectivity index (χ1v) is 7.32. The van der Waals surface area contributed by atoms with Crippen LogP contribution < -0.4 is 5.73 Å². The number of halogens is 1. The largest absolute Gasteiger partial charge is 0.326 e. The van der Waals surface area contributed by atoms with E-state index >= 15 is 0 Å². The molecule has 1 aliphatic heterocycles. The highest BCUT2D eigenvalue weighted by Crippen LogP contribution is 2.30. The van der Waals surface area contributed by atoms with Gasteiger partial charge >= 0.3 is 0 Å². The maximum absolute atomic E-state index is 6.35. The third kappa shape index (κ3) is 3.29. The van der Waals surface area contributed by atoms with Crippen LogP contribution in [0.4, 0.5) is 0 Å². The van der Waals surface area contributed by atoms with Crippen molar-refractivity contribution in [3.8, 4) is 0 Å². The van der Waals surface area contributed by atoms with Gasteiger partial charge in [-0.2, -0.15) is 0 Å². The zero-order chi connectivity index (χ0) is 14.0. The average Bonchev–Trinajstić information content (AvgIpc) is 2.36. The first-order valence-electron chi connectivity index (χ1n) is 6.95. The van der Waals surface area contributed by atoms with Gasteiger partial charge in [-0.25, -0.2) is 0 Å². The molecule has 1 heterocycles. The number of benzene rings is 1.